The summed E-state index contributed by atoms with van der Waals surface area (Å²) >= 11 is 0. The number of nitro groups is 1. The summed E-state index contributed by atoms with van der Waals surface area (Å²) in [6, 6.07) is 2.89. The molecule has 7 nitrogen and oxygen atoms in total. The van der Waals surface area contributed by atoms with Crippen molar-refractivity contribution in [2.75, 3.05) is 16.8 Å². The lowest BCUT2D eigenvalue weighted by Crippen LogP contribution is -2.35. The average molecular weight is 291 g/mol. The SMILES string of the molecule is CCN1C(=O)C(C)(C)c2cc([N+](=O)[O-])c(NC(C)=O)cc21. The Hall–Kier alpha value is -2.44. The van der Waals surface area contributed by atoms with Crippen LogP contribution in [0.2, 0.25) is 0 Å². The molecule has 2 rings (SSSR count). The smallest absolute Gasteiger partial charge is 0.293 e. The third kappa shape index (κ3) is 2.24. The first-order chi connectivity index (χ1) is 9.70. The molecule has 0 radical (unpaired) electrons. The summed E-state index contributed by atoms with van der Waals surface area (Å²) in [5, 5.41) is 13.7. The number of rotatable bonds is 3. The van der Waals surface area contributed by atoms with Crippen molar-refractivity contribution in [2.24, 2.45) is 0 Å². The fourth-order valence-electron chi connectivity index (χ4n) is 2.62. The Morgan fingerprint density at radius 1 is 1.43 bits per heavy atom. The summed E-state index contributed by atoms with van der Waals surface area (Å²) in [5.74, 6) is -0.501. The van der Waals surface area contributed by atoms with Crippen molar-refractivity contribution in [3.8, 4) is 0 Å². The molecule has 7 heteroatoms. The van der Waals surface area contributed by atoms with E-state index in [2.05, 4.69) is 5.32 Å². The van der Waals surface area contributed by atoms with E-state index in [0.29, 0.717) is 17.8 Å². The summed E-state index contributed by atoms with van der Waals surface area (Å²) in [5.41, 5.74) is 0.306. The summed E-state index contributed by atoms with van der Waals surface area (Å²) in [6.07, 6.45) is 0. The minimum atomic E-state index is -0.815. The Bertz CT molecular complexity index is 652. The van der Waals surface area contributed by atoms with Gasteiger partial charge in [0.1, 0.15) is 5.69 Å². The number of hydrogen-bond acceptors (Lipinski definition) is 4. The maximum atomic E-state index is 12.4. The van der Waals surface area contributed by atoms with Crippen molar-refractivity contribution in [2.45, 2.75) is 33.1 Å². The van der Waals surface area contributed by atoms with Gasteiger partial charge >= 0.3 is 0 Å². The van der Waals surface area contributed by atoms with Gasteiger partial charge in [-0.2, -0.15) is 0 Å². The fraction of sp³-hybridized carbons (Fsp3) is 0.429. The van der Waals surface area contributed by atoms with Gasteiger partial charge in [0, 0.05) is 19.5 Å². The Kier molecular flexibility index (Phi) is 3.44. The van der Waals surface area contributed by atoms with Gasteiger partial charge in [0.15, 0.2) is 0 Å². The molecular formula is C14H17N3O4. The van der Waals surface area contributed by atoms with Gasteiger partial charge in [0.2, 0.25) is 11.8 Å². The lowest BCUT2D eigenvalue weighted by Gasteiger charge is -2.18. The molecule has 0 aliphatic carbocycles. The van der Waals surface area contributed by atoms with Crippen LogP contribution in [-0.2, 0) is 15.0 Å². The molecule has 0 aromatic heterocycles. The van der Waals surface area contributed by atoms with E-state index in [1.807, 2.05) is 6.92 Å². The molecule has 112 valence electrons. The average Bonchev–Trinajstić information content (AvgIpc) is 2.55. The number of nitrogens with zero attached hydrogens (tertiary/aromatic N) is 2. The standard InChI is InChI=1S/C14H17N3O4/c1-5-16-11-7-10(15-8(2)18)12(17(20)21)6-9(11)14(3,4)13(16)19/h6-7H,5H2,1-4H3,(H,15,18). The third-order valence-electron chi connectivity index (χ3n) is 3.68. The molecule has 0 fully saturated rings. The topological polar surface area (TPSA) is 92.6 Å². The van der Waals surface area contributed by atoms with Crippen molar-refractivity contribution in [1.82, 2.24) is 0 Å². The minimum absolute atomic E-state index is 0.103. The number of amides is 2. The molecular weight excluding hydrogens is 274 g/mol. The predicted molar refractivity (Wildman–Crippen MR) is 78.5 cm³/mol. The number of anilines is 2. The van der Waals surface area contributed by atoms with Crippen LogP contribution < -0.4 is 10.2 Å². The number of benzene rings is 1. The normalized spacial score (nSPS) is 15.8. The summed E-state index contributed by atoms with van der Waals surface area (Å²) in [4.78, 5) is 35.8. The number of nitrogens with one attached hydrogen (secondary N) is 1. The van der Waals surface area contributed by atoms with Gasteiger partial charge in [-0.05, 0) is 32.4 Å². The zero-order chi connectivity index (χ0) is 15.9. The van der Waals surface area contributed by atoms with Crippen LogP contribution in [0.3, 0.4) is 0 Å². The van der Waals surface area contributed by atoms with Crippen LogP contribution in [-0.4, -0.2) is 23.3 Å². The molecule has 0 bridgehead atoms. The largest absolute Gasteiger partial charge is 0.321 e. The van der Waals surface area contributed by atoms with E-state index >= 15 is 0 Å². The van der Waals surface area contributed by atoms with Crippen molar-refractivity contribution >= 4 is 28.9 Å². The fourth-order valence-corrected chi connectivity index (χ4v) is 2.62. The van der Waals surface area contributed by atoms with Crippen LogP contribution >= 0.6 is 0 Å². The maximum Gasteiger partial charge on any atom is 0.293 e. The molecule has 0 saturated carbocycles. The molecule has 1 aromatic rings. The van der Waals surface area contributed by atoms with Crippen LogP contribution in [0.25, 0.3) is 0 Å². The molecule has 0 saturated heterocycles. The first kappa shape index (κ1) is 15.0. The van der Waals surface area contributed by atoms with Crippen LogP contribution in [0.4, 0.5) is 17.1 Å². The minimum Gasteiger partial charge on any atom is -0.321 e. The summed E-state index contributed by atoms with van der Waals surface area (Å²) < 4.78 is 0. The highest BCUT2D eigenvalue weighted by molar-refractivity contribution is 6.09. The van der Waals surface area contributed by atoms with Crippen LogP contribution in [0.15, 0.2) is 12.1 Å². The summed E-state index contributed by atoms with van der Waals surface area (Å²) in [7, 11) is 0. The first-order valence-electron chi connectivity index (χ1n) is 6.62. The monoisotopic (exact) mass is 291 g/mol. The molecule has 1 aliphatic rings. The predicted octanol–water partition coefficient (Wildman–Crippen LogP) is 2.20. The van der Waals surface area contributed by atoms with Gasteiger partial charge in [-0.1, -0.05) is 0 Å². The highest BCUT2D eigenvalue weighted by Crippen LogP contribution is 2.45. The van der Waals surface area contributed by atoms with E-state index in [4.69, 9.17) is 0 Å². The number of carbonyl (C=O) groups is 2. The Morgan fingerprint density at radius 3 is 2.52 bits per heavy atom. The number of hydrogen-bond donors (Lipinski definition) is 1. The number of nitro benzene ring substituents is 1. The number of fused-ring (bicyclic) bond motifs is 1. The van der Waals surface area contributed by atoms with Gasteiger partial charge in [0.25, 0.3) is 5.69 Å². The summed E-state index contributed by atoms with van der Waals surface area (Å²) in [6.45, 7) is 7.07. The van der Waals surface area contributed by atoms with Gasteiger partial charge < -0.3 is 10.2 Å². The maximum absolute atomic E-state index is 12.4. The highest BCUT2D eigenvalue weighted by Gasteiger charge is 2.44. The van der Waals surface area contributed by atoms with Crippen molar-refractivity contribution in [3.63, 3.8) is 0 Å². The van der Waals surface area contributed by atoms with Crippen molar-refractivity contribution in [1.29, 1.82) is 0 Å². The van der Waals surface area contributed by atoms with E-state index in [1.165, 1.54) is 19.1 Å². The lowest BCUT2D eigenvalue weighted by molar-refractivity contribution is -0.384. The van der Waals surface area contributed by atoms with Crippen LogP contribution in [0.5, 0.6) is 0 Å². The van der Waals surface area contributed by atoms with Crippen molar-refractivity contribution in [3.05, 3.63) is 27.8 Å². The zero-order valence-corrected chi connectivity index (χ0v) is 12.4. The van der Waals surface area contributed by atoms with E-state index in [0.717, 1.165) is 0 Å². The second kappa shape index (κ2) is 4.83. The first-order valence-corrected chi connectivity index (χ1v) is 6.62. The molecule has 2 amide bonds. The third-order valence-corrected chi connectivity index (χ3v) is 3.68. The van der Waals surface area contributed by atoms with Gasteiger partial charge in [-0.25, -0.2) is 0 Å². The second-order valence-corrected chi connectivity index (χ2v) is 5.50. The number of carbonyl (C=O) groups excluding carboxylic acids is 2. The van der Waals surface area contributed by atoms with E-state index in [9.17, 15) is 19.7 Å². The molecule has 1 heterocycles. The quantitative estimate of drug-likeness (QED) is 0.682. The lowest BCUT2D eigenvalue weighted by atomic mass is 9.86. The highest BCUT2D eigenvalue weighted by atomic mass is 16.6. The molecule has 0 atom stereocenters. The Labute approximate surface area is 122 Å². The number of likely N-dealkylation sites (N-methyl/N-ethyl adjacent to an activating group) is 1. The van der Waals surface area contributed by atoms with E-state index < -0.39 is 16.2 Å². The van der Waals surface area contributed by atoms with E-state index in [1.54, 1.807) is 18.7 Å². The molecule has 0 unspecified atom stereocenters. The van der Waals surface area contributed by atoms with E-state index in [-0.39, 0.29) is 17.3 Å². The molecule has 1 aliphatic heterocycles. The molecule has 1 N–H and O–H groups in total. The second-order valence-electron chi connectivity index (χ2n) is 5.50. The van der Waals surface area contributed by atoms with Crippen molar-refractivity contribution < 1.29 is 14.5 Å². The Balaban J connectivity index is 2.70. The van der Waals surface area contributed by atoms with Gasteiger partial charge in [-0.15, -0.1) is 0 Å². The Morgan fingerprint density at radius 2 is 2.05 bits per heavy atom. The van der Waals surface area contributed by atoms with Gasteiger partial charge in [-0.3, -0.25) is 19.7 Å². The van der Waals surface area contributed by atoms with Crippen LogP contribution in [0.1, 0.15) is 33.3 Å². The van der Waals surface area contributed by atoms with Gasteiger partial charge in [0.05, 0.1) is 16.0 Å². The zero-order valence-electron chi connectivity index (χ0n) is 12.4. The molecule has 21 heavy (non-hydrogen) atoms. The molecule has 1 aromatic carbocycles. The molecule has 0 spiro atoms. The van der Waals surface area contributed by atoms with Crippen LogP contribution in [0, 0.1) is 10.1 Å².